The molecule has 1 N–H and O–H groups in total. The third-order valence-corrected chi connectivity index (χ3v) is 5.93. The fourth-order valence-corrected chi connectivity index (χ4v) is 4.16. The van der Waals surface area contributed by atoms with Crippen molar-refractivity contribution in [2.24, 2.45) is 5.92 Å². The Labute approximate surface area is 179 Å². The van der Waals surface area contributed by atoms with E-state index in [1.807, 2.05) is 35.2 Å². The lowest BCUT2D eigenvalue weighted by molar-refractivity contribution is 0.0684. The first kappa shape index (κ1) is 20.1. The maximum Gasteiger partial charge on any atom is 0.272 e. The molecule has 0 bridgehead atoms. The van der Waals surface area contributed by atoms with Gasteiger partial charge in [0.25, 0.3) is 5.91 Å². The summed E-state index contributed by atoms with van der Waals surface area (Å²) < 4.78 is 0. The molecule has 0 saturated carbocycles. The molecule has 1 aliphatic heterocycles. The van der Waals surface area contributed by atoms with Crippen LogP contribution in [0.2, 0.25) is 0 Å². The highest BCUT2D eigenvalue weighted by Crippen LogP contribution is 2.24. The quantitative estimate of drug-likeness (QED) is 0.608. The van der Waals surface area contributed by atoms with Crippen molar-refractivity contribution in [1.82, 2.24) is 9.88 Å². The number of carbonyl (C=O) groups is 1. The normalized spacial score (nSPS) is 15.6. The first-order chi connectivity index (χ1) is 14.7. The van der Waals surface area contributed by atoms with Crippen LogP contribution in [-0.4, -0.2) is 28.9 Å². The van der Waals surface area contributed by atoms with E-state index in [0.29, 0.717) is 11.6 Å². The van der Waals surface area contributed by atoms with Crippen molar-refractivity contribution in [1.29, 1.82) is 0 Å². The second-order valence-corrected chi connectivity index (χ2v) is 8.13. The first-order valence-corrected chi connectivity index (χ1v) is 10.8. The molecule has 30 heavy (non-hydrogen) atoms. The number of likely N-dealkylation sites (tertiary alicyclic amines) is 1. The summed E-state index contributed by atoms with van der Waals surface area (Å²) >= 11 is 0. The van der Waals surface area contributed by atoms with E-state index < -0.39 is 0 Å². The smallest absolute Gasteiger partial charge is 0.272 e. The molecule has 154 valence electrons. The van der Waals surface area contributed by atoms with Crippen LogP contribution in [0.5, 0.6) is 0 Å². The van der Waals surface area contributed by atoms with E-state index in [2.05, 4.69) is 59.7 Å². The summed E-state index contributed by atoms with van der Waals surface area (Å²) in [5, 5.41) is 3.48. The Balaban J connectivity index is 1.34. The van der Waals surface area contributed by atoms with Crippen molar-refractivity contribution >= 4 is 11.6 Å². The van der Waals surface area contributed by atoms with Crippen LogP contribution in [0.4, 0.5) is 5.69 Å². The highest BCUT2D eigenvalue weighted by molar-refractivity contribution is 5.93. The van der Waals surface area contributed by atoms with Gasteiger partial charge in [-0.05, 0) is 55.4 Å². The number of nitrogens with zero attached hydrogens (tertiary/aromatic N) is 2. The Hall–Kier alpha value is -3.14. The zero-order chi connectivity index (χ0) is 20.8. The number of anilines is 1. The number of nitrogens with one attached hydrogen (secondary N) is 1. The minimum atomic E-state index is 0.0316. The molecular formula is C26H29N3O. The highest BCUT2D eigenvalue weighted by atomic mass is 16.2. The molecule has 1 aliphatic rings. The number of rotatable bonds is 6. The van der Waals surface area contributed by atoms with Crippen LogP contribution in [-0.2, 0) is 6.42 Å². The number of hydrogen-bond donors (Lipinski definition) is 1. The zero-order valence-corrected chi connectivity index (χ0v) is 17.5. The van der Waals surface area contributed by atoms with Crippen molar-refractivity contribution < 1.29 is 4.79 Å². The number of amides is 1. The summed E-state index contributed by atoms with van der Waals surface area (Å²) in [5.74, 6) is 0.674. The fraction of sp³-hybridized carbons (Fsp3) is 0.308. The SMILES string of the molecule is CC(Nc1ccnc(C(=O)N2CCC(Cc3ccccc3)CC2)c1)c1ccccc1. The molecule has 1 atom stereocenters. The molecule has 0 aliphatic carbocycles. The minimum absolute atomic E-state index is 0.0316. The number of pyridine rings is 1. The van der Waals surface area contributed by atoms with E-state index in [1.165, 1.54) is 11.1 Å². The van der Waals surface area contributed by atoms with Crippen LogP contribution in [0, 0.1) is 5.92 Å². The van der Waals surface area contributed by atoms with E-state index in [9.17, 15) is 4.79 Å². The van der Waals surface area contributed by atoms with E-state index in [0.717, 1.165) is 38.0 Å². The van der Waals surface area contributed by atoms with Crippen LogP contribution < -0.4 is 5.32 Å². The van der Waals surface area contributed by atoms with Gasteiger partial charge in [-0.25, -0.2) is 0 Å². The van der Waals surface area contributed by atoms with Gasteiger partial charge in [0.1, 0.15) is 5.69 Å². The Bertz CT molecular complexity index is 950. The van der Waals surface area contributed by atoms with E-state index >= 15 is 0 Å². The fourth-order valence-electron chi connectivity index (χ4n) is 4.16. The van der Waals surface area contributed by atoms with E-state index in [1.54, 1.807) is 6.20 Å². The lowest BCUT2D eigenvalue weighted by Gasteiger charge is -2.32. The largest absolute Gasteiger partial charge is 0.378 e. The number of aromatic nitrogens is 1. The highest BCUT2D eigenvalue weighted by Gasteiger charge is 2.24. The minimum Gasteiger partial charge on any atom is -0.378 e. The molecule has 2 aromatic carbocycles. The molecule has 0 spiro atoms. The third kappa shape index (κ3) is 5.07. The molecule has 2 heterocycles. The maximum atomic E-state index is 13.0. The summed E-state index contributed by atoms with van der Waals surface area (Å²) in [4.78, 5) is 19.3. The van der Waals surface area contributed by atoms with Crippen LogP contribution >= 0.6 is 0 Å². The van der Waals surface area contributed by atoms with Gasteiger partial charge < -0.3 is 10.2 Å². The Kier molecular flexibility index (Phi) is 6.43. The zero-order valence-electron chi connectivity index (χ0n) is 17.5. The molecule has 1 amide bonds. The Morgan fingerprint density at radius 3 is 2.40 bits per heavy atom. The summed E-state index contributed by atoms with van der Waals surface area (Å²) in [5.41, 5.74) is 4.03. The van der Waals surface area contributed by atoms with Crippen molar-refractivity contribution in [3.63, 3.8) is 0 Å². The Morgan fingerprint density at radius 1 is 1.03 bits per heavy atom. The number of hydrogen-bond acceptors (Lipinski definition) is 3. The van der Waals surface area contributed by atoms with Crippen molar-refractivity contribution in [3.05, 3.63) is 95.8 Å². The lowest BCUT2D eigenvalue weighted by atomic mass is 9.90. The summed E-state index contributed by atoms with van der Waals surface area (Å²) in [6.07, 6.45) is 4.90. The van der Waals surface area contributed by atoms with Gasteiger partial charge in [-0.15, -0.1) is 0 Å². The van der Waals surface area contributed by atoms with E-state index in [-0.39, 0.29) is 11.9 Å². The topological polar surface area (TPSA) is 45.2 Å². The van der Waals surface area contributed by atoms with Gasteiger partial charge in [0.05, 0.1) is 0 Å². The number of piperidine rings is 1. The molecule has 4 nitrogen and oxygen atoms in total. The van der Waals surface area contributed by atoms with Crippen molar-refractivity contribution in [2.75, 3.05) is 18.4 Å². The van der Waals surface area contributed by atoms with E-state index in [4.69, 9.17) is 0 Å². The number of benzene rings is 2. The second-order valence-electron chi connectivity index (χ2n) is 8.13. The standard InChI is InChI=1S/C26H29N3O/c1-20(23-10-6-3-7-11-23)28-24-12-15-27-25(19-24)26(30)29-16-13-22(14-17-29)18-21-8-4-2-5-9-21/h2-12,15,19-20,22H,13-14,16-18H2,1H3,(H,27,28). The van der Waals surface area contributed by atoms with Crippen LogP contribution in [0.3, 0.4) is 0 Å². The molecule has 0 radical (unpaired) electrons. The predicted octanol–water partition coefficient (Wildman–Crippen LogP) is 5.35. The van der Waals surface area contributed by atoms with Crippen LogP contribution in [0.25, 0.3) is 0 Å². The molecule has 4 heteroatoms. The molecule has 3 aromatic rings. The molecular weight excluding hydrogens is 370 g/mol. The van der Waals surface area contributed by atoms with Gasteiger partial charge in [-0.2, -0.15) is 0 Å². The lowest BCUT2D eigenvalue weighted by Crippen LogP contribution is -2.39. The molecule has 1 saturated heterocycles. The number of carbonyl (C=O) groups excluding carboxylic acids is 1. The summed E-state index contributed by atoms with van der Waals surface area (Å²) in [6, 6.07) is 24.9. The van der Waals surface area contributed by atoms with Gasteiger partial charge >= 0.3 is 0 Å². The van der Waals surface area contributed by atoms with Crippen LogP contribution in [0.1, 0.15) is 47.4 Å². The third-order valence-electron chi connectivity index (χ3n) is 5.93. The summed E-state index contributed by atoms with van der Waals surface area (Å²) in [7, 11) is 0. The van der Waals surface area contributed by atoms with Crippen LogP contribution in [0.15, 0.2) is 79.0 Å². The molecule has 1 fully saturated rings. The first-order valence-electron chi connectivity index (χ1n) is 10.8. The van der Waals surface area contributed by atoms with Crippen molar-refractivity contribution in [3.8, 4) is 0 Å². The maximum absolute atomic E-state index is 13.0. The average Bonchev–Trinajstić information content (AvgIpc) is 2.80. The molecule has 1 unspecified atom stereocenters. The van der Waals surface area contributed by atoms with Gasteiger partial charge in [0.2, 0.25) is 0 Å². The van der Waals surface area contributed by atoms with Gasteiger partial charge in [0.15, 0.2) is 0 Å². The summed E-state index contributed by atoms with van der Waals surface area (Å²) in [6.45, 7) is 3.72. The Morgan fingerprint density at radius 2 is 1.70 bits per heavy atom. The van der Waals surface area contributed by atoms with Gasteiger partial charge in [-0.3, -0.25) is 9.78 Å². The predicted molar refractivity (Wildman–Crippen MR) is 121 cm³/mol. The van der Waals surface area contributed by atoms with Gasteiger partial charge in [0, 0.05) is 31.0 Å². The second kappa shape index (κ2) is 9.57. The van der Waals surface area contributed by atoms with Gasteiger partial charge in [-0.1, -0.05) is 60.7 Å². The molecule has 1 aromatic heterocycles. The monoisotopic (exact) mass is 399 g/mol. The molecule has 4 rings (SSSR count). The van der Waals surface area contributed by atoms with Crippen molar-refractivity contribution in [2.45, 2.75) is 32.2 Å². The average molecular weight is 400 g/mol.